The third kappa shape index (κ3) is 8.12. The molecular weight excluding hydrogens is 304 g/mol. The van der Waals surface area contributed by atoms with Crippen molar-refractivity contribution in [2.24, 2.45) is 5.92 Å². The Morgan fingerprint density at radius 1 is 0.920 bits per heavy atom. The molecule has 0 amide bonds. The van der Waals surface area contributed by atoms with Crippen LogP contribution in [0.2, 0.25) is 0 Å². The molecule has 1 aromatic carbocycles. The van der Waals surface area contributed by atoms with E-state index in [-0.39, 0.29) is 0 Å². The minimum Gasteiger partial charge on any atom is -0.497 e. The molecule has 1 aromatic rings. The number of benzene rings is 1. The summed E-state index contributed by atoms with van der Waals surface area (Å²) in [5.74, 6) is 1.91. The summed E-state index contributed by atoms with van der Waals surface area (Å²) in [4.78, 5) is 0. The van der Waals surface area contributed by atoms with Crippen molar-refractivity contribution in [2.75, 3.05) is 7.11 Å². The Labute approximate surface area is 155 Å². The summed E-state index contributed by atoms with van der Waals surface area (Å²) in [5, 5.41) is 0. The molecule has 2 rings (SSSR count). The predicted molar refractivity (Wildman–Crippen MR) is 109 cm³/mol. The van der Waals surface area contributed by atoms with Crippen LogP contribution in [0.15, 0.2) is 35.9 Å². The van der Waals surface area contributed by atoms with Gasteiger partial charge in [-0.2, -0.15) is 0 Å². The highest BCUT2D eigenvalue weighted by Crippen LogP contribution is 2.30. The topological polar surface area (TPSA) is 9.23 Å². The Hall–Kier alpha value is -1.24. The zero-order valence-electron chi connectivity index (χ0n) is 16.6. The Balaban J connectivity index is 1.56. The minimum atomic E-state index is 0.953. The van der Waals surface area contributed by atoms with Crippen molar-refractivity contribution in [2.45, 2.75) is 90.4 Å². The standard InChI is InChI=1S/C24H38O/c1-3-4-5-6-7-8-9-10-21-11-13-22(14-12-21)15-16-23-17-19-24(25-2)20-18-23/h13,17-21H,3-12,14-16H2,1-2H3. The van der Waals surface area contributed by atoms with E-state index in [0.29, 0.717) is 0 Å². The fourth-order valence-electron chi connectivity index (χ4n) is 3.92. The summed E-state index contributed by atoms with van der Waals surface area (Å²) in [6, 6.07) is 8.54. The number of ether oxygens (including phenoxy) is 1. The largest absolute Gasteiger partial charge is 0.497 e. The first kappa shape index (κ1) is 20.1. The summed E-state index contributed by atoms with van der Waals surface area (Å²) in [7, 11) is 1.73. The molecule has 1 heteroatoms. The van der Waals surface area contributed by atoms with Gasteiger partial charge in [0.15, 0.2) is 0 Å². The van der Waals surface area contributed by atoms with Crippen LogP contribution < -0.4 is 4.74 Å². The summed E-state index contributed by atoms with van der Waals surface area (Å²) < 4.78 is 5.23. The van der Waals surface area contributed by atoms with E-state index in [1.165, 1.54) is 82.6 Å². The highest BCUT2D eigenvalue weighted by molar-refractivity contribution is 5.27. The summed E-state index contributed by atoms with van der Waals surface area (Å²) >= 11 is 0. The highest BCUT2D eigenvalue weighted by Gasteiger charge is 2.14. The molecule has 0 radical (unpaired) electrons. The first-order valence-electron chi connectivity index (χ1n) is 10.6. The van der Waals surface area contributed by atoms with Crippen LogP contribution in [0.3, 0.4) is 0 Å². The molecule has 0 saturated carbocycles. The number of aryl methyl sites for hydroxylation is 1. The van der Waals surface area contributed by atoms with Gasteiger partial charge in [-0.3, -0.25) is 0 Å². The molecule has 0 fully saturated rings. The second-order valence-electron chi connectivity index (χ2n) is 7.76. The van der Waals surface area contributed by atoms with E-state index in [9.17, 15) is 0 Å². The maximum Gasteiger partial charge on any atom is 0.118 e. The average molecular weight is 343 g/mol. The molecule has 0 aromatic heterocycles. The number of allylic oxidation sites excluding steroid dienone is 2. The van der Waals surface area contributed by atoms with Gasteiger partial charge in [-0.05, 0) is 55.7 Å². The van der Waals surface area contributed by atoms with Gasteiger partial charge in [0.05, 0.1) is 7.11 Å². The van der Waals surface area contributed by atoms with Crippen LogP contribution in [0, 0.1) is 5.92 Å². The second-order valence-corrected chi connectivity index (χ2v) is 7.76. The van der Waals surface area contributed by atoms with E-state index in [1.807, 2.05) is 0 Å². The summed E-state index contributed by atoms with van der Waals surface area (Å²) in [6.07, 6.45) is 20.5. The zero-order chi connectivity index (χ0) is 17.7. The van der Waals surface area contributed by atoms with E-state index in [2.05, 4.69) is 37.3 Å². The average Bonchev–Trinajstić information content (AvgIpc) is 2.67. The first-order chi connectivity index (χ1) is 12.3. The normalized spacial score (nSPS) is 17.4. The number of hydrogen-bond acceptors (Lipinski definition) is 1. The third-order valence-corrected chi connectivity index (χ3v) is 5.72. The first-order valence-corrected chi connectivity index (χ1v) is 10.6. The molecule has 0 N–H and O–H groups in total. The molecule has 0 saturated heterocycles. The molecule has 1 atom stereocenters. The molecule has 140 valence electrons. The molecule has 25 heavy (non-hydrogen) atoms. The minimum absolute atomic E-state index is 0.953. The summed E-state index contributed by atoms with van der Waals surface area (Å²) in [6.45, 7) is 2.29. The van der Waals surface area contributed by atoms with Gasteiger partial charge >= 0.3 is 0 Å². The Morgan fingerprint density at radius 3 is 2.28 bits per heavy atom. The Morgan fingerprint density at radius 2 is 1.64 bits per heavy atom. The van der Waals surface area contributed by atoms with Gasteiger partial charge in [0, 0.05) is 0 Å². The SMILES string of the molecule is CCCCCCCCCC1CC=C(CCc2ccc(OC)cc2)CC1. The van der Waals surface area contributed by atoms with Gasteiger partial charge in [0.2, 0.25) is 0 Å². The second kappa shape index (κ2) is 12.2. The zero-order valence-corrected chi connectivity index (χ0v) is 16.6. The van der Waals surface area contributed by atoms with Gasteiger partial charge in [0.25, 0.3) is 0 Å². The smallest absolute Gasteiger partial charge is 0.118 e. The van der Waals surface area contributed by atoms with Gasteiger partial charge in [-0.1, -0.05) is 82.1 Å². The van der Waals surface area contributed by atoms with Crippen LogP contribution in [0.25, 0.3) is 0 Å². The quantitative estimate of drug-likeness (QED) is 0.282. The predicted octanol–water partition coefficient (Wildman–Crippen LogP) is 7.50. The lowest BCUT2D eigenvalue weighted by atomic mass is 9.84. The number of unbranched alkanes of at least 4 members (excludes halogenated alkanes) is 6. The lowest BCUT2D eigenvalue weighted by molar-refractivity contribution is 0.409. The van der Waals surface area contributed by atoms with Crippen LogP contribution in [0.1, 0.15) is 89.5 Å². The van der Waals surface area contributed by atoms with Gasteiger partial charge in [0.1, 0.15) is 5.75 Å². The van der Waals surface area contributed by atoms with Crippen molar-refractivity contribution in [3.8, 4) is 5.75 Å². The Bertz CT molecular complexity index is 485. The monoisotopic (exact) mass is 342 g/mol. The van der Waals surface area contributed by atoms with E-state index < -0.39 is 0 Å². The highest BCUT2D eigenvalue weighted by atomic mass is 16.5. The lowest BCUT2D eigenvalue weighted by Gasteiger charge is -2.22. The van der Waals surface area contributed by atoms with Crippen molar-refractivity contribution >= 4 is 0 Å². The third-order valence-electron chi connectivity index (χ3n) is 5.72. The van der Waals surface area contributed by atoms with Crippen LogP contribution in [0.4, 0.5) is 0 Å². The van der Waals surface area contributed by atoms with Gasteiger partial charge in [-0.25, -0.2) is 0 Å². The summed E-state index contributed by atoms with van der Waals surface area (Å²) in [5.41, 5.74) is 3.11. The van der Waals surface area contributed by atoms with E-state index in [4.69, 9.17) is 4.74 Å². The lowest BCUT2D eigenvalue weighted by Crippen LogP contribution is -2.06. The van der Waals surface area contributed by atoms with E-state index in [0.717, 1.165) is 18.1 Å². The van der Waals surface area contributed by atoms with Crippen LogP contribution >= 0.6 is 0 Å². The fraction of sp³-hybridized carbons (Fsp3) is 0.667. The fourth-order valence-corrected chi connectivity index (χ4v) is 3.92. The van der Waals surface area contributed by atoms with Crippen molar-refractivity contribution in [1.29, 1.82) is 0 Å². The number of methoxy groups -OCH3 is 1. The van der Waals surface area contributed by atoms with E-state index in [1.54, 1.807) is 12.7 Å². The molecule has 0 spiro atoms. The molecule has 1 unspecified atom stereocenters. The number of hydrogen-bond donors (Lipinski definition) is 0. The molecule has 1 nitrogen and oxygen atoms in total. The van der Waals surface area contributed by atoms with Crippen LogP contribution in [0.5, 0.6) is 5.75 Å². The maximum atomic E-state index is 5.23. The van der Waals surface area contributed by atoms with Crippen molar-refractivity contribution in [3.63, 3.8) is 0 Å². The van der Waals surface area contributed by atoms with Crippen molar-refractivity contribution in [1.82, 2.24) is 0 Å². The molecule has 1 aliphatic carbocycles. The number of rotatable bonds is 12. The van der Waals surface area contributed by atoms with Crippen molar-refractivity contribution in [3.05, 3.63) is 41.5 Å². The maximum absolute atomic E-state index is 5.23. The molecule has 1 aliphatic rings. The van der Waals surface area contributed by atoms with Crippen LogP contribution in [-0.4, -0.2) is 7.11 Å². The molecule has 0 aliphatic heterocycles. The van der Waals surface area contributed by atoms with E-state index >= 15 is 0 Å². The Kier molecular flexibility index (Phi) is 9.77. The molecule has 0 bridgehead atoms. The van der Waals surface area contributed by atoms with Gasteiger partial charge in [-0.15, -0.1) is 0 Å². The molecule has 0 heterocycles. The van der Waals surface area contributed by atoms with Gasteiger partial charge < -0.3 is 4.74 Å². The van der Waals surface area contributed by atoms with Crippen LogP contribution in [-0.2, 0) is 6.42 Å². The molecular formula is C24H38O. The van der Waals surface area contributed by atoms with Crippen molar-refractivity contribution < 1.29 is 4.74 Å².